The van der Waals surface area contributed by atoms with E-state index in [1.165, 1.54) is 18.6 Å². The highest BCUT2D eigenvalue weighted by atomic mass is 16.4. The largest absolute Gasteiger partial charge is 0.478 e. The van der Waals surface area contributed by atoms with E-state index in [1.807, 2.05) is 0 Å². The maximum absolute atomic E-state index is 10.2. The molecule has 0 saturated carbocycles. The van der Waals surface area contributed by atoms with Crippen LogP contribution in [-0.2, 0) is 4.79 Å². The Hall–Kier alpha value is -2.37. The van der Waals surface area contributed by atoms with Crippen molar-refractivity contribution in [3.05, 3.63) is 30.6 Å². The molecule has 2 rings (SSSR count). The molecule has 0 aromatic carbocycles. The highest BCUT2D eigenvalue weighted by Gasteiger charge is 2.07. The number of aromatic nitrogens is 2. The van der Waals surface area contributed by atoms with Crippen molar-refractivity contribution in [1.29, 1.82) is 0 Å². The maximum atomic E-state index is 10.2. The Morgan fingerprint density at radius 1 is 1.47 bits per heavy atom. The molecule has 2 heterocycles. The lowest BCUT2D eigenvalue weighted by Crippen LogP contribution is -1.85. The molecule has 0 spiro atoms. The molecule has 1 N–H and O–H groups in total. The molecule has 76 valence electrons. The number of nitrogens with zero attached hydrogens (tertiary/aromatic N) is 2. The van der Waals surface area contributed by atoms with E-state index in [0.29, 0.717) is 5.56 Å². The summed E-state index contributed by atoms with van der Waals surface area (Å²) in [5.41, 5.74) is 0.650. The molecule has 0 fully saturated rings. The van der Waals surface area contributed by atoms with E-state index in [2.05, 4.69) is 10.2 Å². The normalized spacial score (nSPS) is 10.9. The van der Waals surface area contributed by atoms with Gasteiger partial charge in [0.15, 0.2) is 0 Å². The molecule has 0 unspecified atom stereocenters. The van der Waals surface area contributed by atoms with E-state index >= 15 is 0 Å². The van der Waals surface area contributed by atoms with Crippen molar-refractivity contribution in [2.45, 2.75) is 0 Å². The van der Waals surface area contributed by atoms with Gasteiger partial charge in [-0.1, -0.05) is 0 Å². The lowest BCUT2D eigenvalue weighted by Gasteiger charge is -1.83. The second-order valence-corrected chi connectivity index (χ2v) is 2.63. The van der Waals surface area contributed by atoms with Gasteiger partial charge in [-0.05, 0) is 6.07 Å². The Balaban J connectivity index is 2.21. The molecule has 0 aliphatic rings. The highest BCUT2D eigenvalue weighted by Crippen LogP contribution is 2.17. The first-order chi connectivity index (χ1) is 7.25. The number of carboxylic acids is 1. The van der Waals surface area contributed by atoms with Gasteiger partial charge in [-0.25, -0.2) is 4.79 Å². The average Bonchev–Trinajstić information content (AvgIpc) is 2.85. The molecule has 0 aliphatic carbocycles. The van der Waals surface area contributed by atoms with Crippen LogP contribution in [0.2, 0.25) is 0 Å². The molecule has 0 saturated heterocycles. The van der Waals surface area contributed by atoms with Gasteiger partial charge in [0.1, 0.15) is 6.26 Å². The van der Waals surface area contributed by atoms with Gasteiger partial charge in [-0.3, -0.25) is 0 Å². The SMILES string of the molecule is O=C(O)/C=C/c1nnc(-c2ccoc2)o1. The summed E-state index contributed by atoms with van der Waals surface area (Å²) in [4.78, 5) is 10.2. The van der Waals surface area contributed by atoms with Crippen LogP contribution in [-0.4, -0.2) is 21.3 Å². The van der Waals surface area contributed by atoms with Crippen molar-refractivity contribution in [2.75, 3.05) is 0 Å². The quantitative estimate of drug-likeness (QED) is 0.764. The number of aliphatic carboxylic acids is 1. The first kappa shape index (κ1) is 9.20. The molecule has 0 radical (unpaired) electrons. The fraction of sp³-hybridized carbons (Fsp3) is 0. The van der Waals surface area contributed by atoms with E-state index in [-0.39, 0.29) is 11.8 Å². The van der Waals surface area contributed by atoms with Crippen molar-refractivity contribution >= 4 is 12.0 Å². The topological polar surface area (TPSA) is 89.4 Å². The molecule has 0 bridgehead atoms. The summed E-state index contributed by atoms with van der Waals surface area (Å²) in [7, 11) is 0. The van der Waals surface area contributed by atoms with Crippen molar-refractivity contribution in [2.24, 2.45) is 0 Å². The summed E-state index contributed by atoms with van der Waals surface area (Å²) in [5.74, 6) is -0.652. The summed E-state index contributed by atoms with van der Waals surface area (Å²) >= 11 is 0. The van der Waals surface area contributed by atoms with Gasteiger partial charge < -0.3 is 13.9 Å². The Kier molecular flexibility index (Phi) is 2.32. The summed E-state index contributed by atoms with van der Waals surface area (Å²) < 4.78 is 9.98. The van der Waals surface area contributed by atoms with Gasteiger partial charge in [0.05, 0.1) is 11.8 Å². The lowest BCUT2D eigenvalue weighted by molar-refractivity contribution is -0.131. The molecular formula is C9H6N2O4. The molecule has 6 heteroatoms. The molecule has 6 nitrogen and oxygen atoms in total. The third-order valence-corrected chi connectivity index (χ3v) is 1.58. The van der Waals surface area contributed by atoms with Gasteiger partial charge in [0.25, 0.3) is 5.89 Å². The van der Waals surface area contributed by atoms with Crippen molar-refractivity contribution in [1.82, 2.24) is 10.2 Å². The molecule has 0 aliphatic heterocycles. The first-order valence-corrected chi connectivity index (χ1v) is 4.03. The van der Waals surface area contributed by atoms with E-state index in [0.717, 1.165) is 6.08 Å². The van der Waals surface area contributed by atoms with Crippen LogP contribution in [0.4, 0.5) is 0 Å². The number of furan rings is 1. The van der Waals surface area contributed by atoms with Crippen LogP contribution in [0.1, 0.15) is 5.89 Å². The predicted octanol–water partition coefficient (Wildman–Crippen LogP) is 1.43. The summed E-state index contributed by atoms with van der Waals surface area (Å²) in [6.07, 6.45) is 5.08. The molecule has 2 aromatic heterocycles. The van der Waals surface area contributed by atoms with Crippen LogP contribution in [0.25, 0.3) is 17.5 Å². The minimum atomic E-state index is -1.07. The second-order valence-electron chi connectivity index (χ2n) is 2.63. The average molecular weight is 206 g/mol. The smallest absolute Gasteiger partial charge is 0.328 e. The number of rotatable bonds is 3. The van der Waals surface area contributed by atoms with E-state index < -0.39 is 5.97 Å². The standard InChI is InChI=1S/C9H6N2O4/c12-8(13)2-1-7-10-11-9(15-7)6-3-4-14-5-6/h1-5H,(H,12,13)/b2-1+. The van der Waals surface area contributed by atoms with E-state index in [4.69, 9.17) is 13.9 Å². The van der Waals surface area contributed by atoms with Gasteiger partial charge >= 0.3 is 5.97 Å². The van der Waals surface area contributed by atoms with Gasteiger partial charge in [0.2, 0.25) is 5.89 Å². The Morgan fingerprint density at radius 3 is 3.00 bits per heavy atom. The van der Waals surface area contributed by atoms with Crippen LogP contribution in [0, 0.1) is 0 Å². The minimum absolute atomic E-state index is 0.133. The molecule has 0 amide bonds. The minimum Gasteiger partial charge on any atom is -0.478 e. The first-order valence-electron chi connectivity index (χ1n) is 4.03. The van der Waals surface area contributed by atoms with Crippen LogP contribution >= 0.6 is 0 Å². The zero-order valence-corrected chi connectivity index (χ0v) is 7.45. The fourth-order valence-corrected chi connectivity index (χ4v) is 0.947. The highest BCUT2D eigenvalue weighted by molar-refractivity contribution is 5.84. The fourth-order valence-electron chi connectivity index (χ4n) is 0.947. The number of carboxylic acid groups (broad SMARTS) is 1. The monoisotopic (exact) mass is 206 g/mol. The second kappa shape index (κ2) is 3.79. The van der Waals surface area contributed by atoms with Crippen LogP contribution < -0.4 is 0 Å². The predicted molar refractivity (Wildman–Crippen MR) is 48.7 cm³/mol. The van der Waals surface area contributed by atoms with E-state index in [9.17, 15) is 4.79 Å². The van der Waals surface area contributed by atoms with Gasteiger partial charge in [0, 0.05) is 12.2 Å². The maximum Gasteiger partial charge on any atom is 0.328 e. The van der Waals surface area contributed by atoms with Gasteiger partial charge in [-0.2, -0.15) is 0 Å². The van der Waals surface area contributed by atoms with Crippen LogP contribution in [0.5, 0.6) is 0 Å². The number of hydrogen-bond acceptors (Lipinski definition) is 5. The lowest BCUT2D eigenvalue weighted by atomic mass is 10.3. The zero-order valence-electron chi connectivity index (χ0n) is 7.45. The summed E-state index contributed by atoms with van der Waals surface area (Å²) in [6.45, 7) is 0. The van der Waals surface area contributed by atoms with Gasteiger partial charge in [-0.15, -0.1) is 10.2 Å². The summed E-state index contributed by atoms with van der Waals surface area (Å²) in [5, 5.41) is 15.7. The Labute approximate surface area is 83.8 Å². The third kappa shape index (κ3) is 2.11. The van der Waals surface area contributed by atoms with Crippen LogP contribution in [0.15, 0.2) is 33.5 Å². The van der Waals surface area contributed by atoms with Crippen LogP contribution in [0.3, 0.4) is 0 Å². The van der Waals surface area contributed by atoms with Crippen molar-refractivity contribution < 1.29 is 18.7 Å². The molecule has 15 heavy (non-hydrogen) atoms. The number of hydrogen-bond donors (Lipinski definition) is 1. The van der Waals surface area contributed by atoms with E-state index in [1.54, 1.807) is 6.07 Å². The zero-order chi connectivity index (χ0) is 10.7. The molecular weight excluding hydrogens is 200 g/mol. The third-order valence-electron chi connectivity index (χ3n) is 1.58. The van der Waals surface area contributed by atoms with Crippen molar-refractivity contribution in [3.63, 3.8) is 0 Å². The molecule has 0 atom stereocenters. The summed E-state index contributed by atoms with van der Waals surface area (Å²) in [6, 6.07) is 1.66. The number of carbonyl (C=O) groups is 1. The molecule has 2 aromatic rings. The Bertz CT molecular complexity index is 484. The van der Waals surface area contributed by atoms with Crippen molar-refractivity contribution in [3.8, 4) is 11.5 Å². The Morgan fingerprint density at radius 2 is 2.33 bits per heavy atom.